The molecule has 0 aliphatic heterocycles. The van der Waals surface area contributed by atoms with Gasteiger partial charge in [0.1, 0.15) is 0 Å². The quantitative estimate of drug-likeness (QED) is 0.780. The lowest BCUT2D eigenvalue weighted by molar-refractivity contribution is 0.146. The van der Waals surface area contributed by atoms with E-state index in [0.717, 1.165) is 12.1 Å². The molecule has 3 N–H and O–H groups in total. The van der Waals surface area contributed by atoms with Gasteiger partial charge in [0.05, 0.1) is 0 Å². The van der Waals surface area contributed by atoms with E-state index in [0.29, 0.717) is 11.8 Å². The van der Waals surface area contributed by atoms with Crippen molar-refractivity contribution in [2.45, 2.75) is 25.3 Å². The molecule has 2 aliphatic carbocycles. The summed E-state index contributed by atoms with van der Waals surface area (Å²) in [5.74, 6) is 1.38. The van der Waals surface area contributed by atoms with Gasteiger partial charge in [0.25, 0.3) is 0 Å². The second-order valence-electron chi connectivity index (χ2n) is 5.67. The summed E-state index contributed by atoms with van der Waals surface area (Å²) in [5.41, 5.74) is 0.795. The van der Waals surface area contributed by atoms with Crippen LogP contribution in [0.15, 0.2) is 30.3 Å². The van der Waals surface area contributed by atoms with E-state index in [4.69, 9.17) is 0 Å². The van der Waals surface area contributed by atoms with Gasteiger partial charge in [-0.15, -0.1) is 0 Å². The van der Waals surface area contributed by atoms with E-state index in [2.05, 4.69) is 10.6 Å². The molecule has 0 radical (unpaired) electrons. The topological polar surface area (TPSA) is 61.4 Å². The molecular weight excluding hydrogens is 240 g/mol. The number of carbonyl (C=O) groups excluding carboxylic acids is 1. The van der Waals surface area contributed by atoms with Crippen LogP contribution in [0.5, 0.6) is 0 Å². The van der Waals surface area contributed by atoms with E-state index >= 15 is 0 Å². The lowest BCUT2D eigenvalue weighted by Gasteiger charge is -2.30. The number of amides is 2. The largest absolute Gasteiger partial charge is 0.396 e. The van der Waals surface area contributed by atoms with Crippen molar-refractivity contribution in [1.29, 1.82) is 0 Å². The number of aliphatic hydroxyl groups excluding tert-OH is 1. The molecule has 4 atom stereocenters. The molecule has 2 aliphatic rings. The summed E-state index contributed by atoms with van der Waals surface area (Å²) in [6.45, 7) is 0.178. The lowest BCUT2D eigenvalue weighted by atomic mass is 9.85. The summed E-state index contributed by atoms with van der Waals surface area (Å²) in [4.78, 5) is 12.0. The van der Waals surface area contributed by atoms with Crippen LogP contribution in [0.1, 0.15) is 19.3 Å². The minimum Gasteiger partial charge on any atom is -0.396 e. The van der Waals surface area contributed by atoms with E-state index in [9.17, 15) is 9.90 Å². The van der Waals surface area contributed by atoms with Crippen LogP contribution in [0.3, 0.4) is 0 Å². The van der Waals surface area contributed by atoms with Crippen molar-refractivity contribution in [1.82, 2.24) is 5.32 Å². The number of benzene rings is 1. The van der Waals surface area contributed by atoms with Gasteiger partial charge in [-0.2, -0.15) is 0 Å². The summed E-state index contributed by atoms with van der Waals surface area (Å²) in [6, 6.07) is 9.40. The number of aliphatic hydroxyl groups is 1. The minimum absolute atomic E-state index is 0.132. The number of carbonyl (C=O) groups is 1. The third kappa shape index (κ3) is 2.45. The summed E-state index contributed by atoms with van der Waals surface area (Å²) in [5, 5.41) is 15.4. The summed E-state index contributed by atoms with van der Waals surface area (Å²) >= 11 is 0. The van der Waals surface area contributed by atoms with Crippen LogP contribution in [0.4, 0.5) is 10.5 Å². The van der Waals surface area contributed by atoms with Gasteiger partial charge in [-0.1, -0.05) is 18.2 Å². The first-order valence-corrected chi connectivity index (χ1v) is 7.01. The van der Waals surface area contributed by atoms with Gasteiger partial charge in [0.15, 0.2) is 0 Å². The number of rotatable bonds is 3. The Kier molecular flexibility index (Phi) is 3.42. The third-order valence-corrected chi connectivity index (χ3v) is 4.63. The Labute approximate surface area is 113 Å². The Morgan fingerprint density at radius 1 is 1.21 bits per heavy atom. The Hall–Kier alpha value is -1.55. The van der Waals surface area contributed by atoms with Crippen molar-refractivity contribution >= 4 is 11.7 Å². The molecule has 0 heterocycles. The minimum atomic E-state index is -0.165. The van der Waals surface area contributed by atoms with Gasteiger partial charge < -0.3 is 15.7 Å². The average Bonchev–Trinajstić information content (AvgIpc) is 3.00. The molecule has 19 heavy (non-hydrogen) atoms. The van der Waals surface area contributed by atoms with Crippen molar-refractivity contribution in [3.63, 3.8) is 0 Å². The number of hydrogen-bond donors (Lipinski definition) is 3. The summed E-state index contributed by atoms with van der Waals surface area (Å²) in [6.07, 6.45) is 3.54. The predicted molar refractivity (Wildman–Crippen MR) is 73.8 cm³/mol. The Bertz CT molecular complexity index is 449. The summed E-state index contributed by atoms with van der Waals surface area (Å²) < 4.78 is 0. The van der Waals surface area contributed by atoms with Gasteiger partial charge >= 0.3 is 6.03 Å². The van der Waals surface area contributed by atoms with E-state index in [1.165, 1.54) is 12.8 Å². The molecule has 4 heteroatoms. The summed E-state index contributed by atoms with van der Waals surface area (Å²) in [7, 11) is 0. The highest BCUT2D eigenvalue weighted by Gasteiger charge is 2.47. The maximum absolute atomic E-state index is 12.0. The van der Waals surface area contributed by atoms with Crippen LogP contribution < -0.4 is 10.6 Å². The molecule has 1 aromatic rings. The van der Waals surface area contributed by atoms with Gasteiger partial charge in [-0.25, -0.2) is 4.79 Å². The predicted octanol–water partition coefficient (Wildman–Crippen LogP) is 2.22. The number of fused-ring (bicyclic) bond motifs is 2. The van der Waals surface area contributed by atoms with E-state index in [1.807, 2.05) is 30.3 Å². The molecule has 0 spiro atoms. The average molecular weight is 260 g/mol. The first kappa shape index (κ1) is 12.5. The zero-order chi connectivity index (χ0) is 13.2. The van der Waals surface area contributed by atoms with Crippen LogP contribution >= 0.6 is 0 Å². The van der Waals surface area contributed by atoms with Crippen LogP contribution in [0, 0.1) is 17.8 Å². The normalized spacial score (nSPS) is 32.3. The molecule has 4 nitrogen and oxygen atoms in total. The first-order valence-electron chi connectivity index (χ1n) is 7.01. The monoisotopic (exact) mass is 260 g/mol. The van der Waals surface area contributed by atoms with Gasteiger partial charge in [0.2, 0.25) is 0 Å². The molecule has 2 fully saturated rings. The van der Waals surface area contributed by atoms with Gasteiger partial charge in [-0.05, 0) is 43.2 Å². The number of nitrogens with one attached hydrogen (secondary N) is 2. The van der Waals surface area contributed by atoms with Crippen molar-refractivity contribution in [3.8, 4) is 0 Å². The van der Waals surface area contributed by atoms with E-state index < -0.39 is 0 Å². The van der Waals surface area contributed by atoms with Gasteiger partial charge in [0, 0.05) is 24.3 Å². The molecule has 2 saturated carbocycles. The van der Waals surface area contributed by atoms with Crippen molar-refractivity contribution in [2.24, 2.45) is 17.8 Å². The first-order chi connectivity index (χ1) is 9.28. The van der Waals surface area contributed by atoms with Crippen LogP contribution in [-0.4, -0.2) is 23.8 Å². The Morgan fingerprint density at radius 2 is 1.95 bits per heavy atom. The van der Waals surface area contributed by atoms with Gasteiger partial charge in [-0.3, -0.25) is 0 Å². The number of hydrogen-bond acceptors (Lipinski definition) is 2. The van der Waals surface area contributed by atoms with Crippen molar-refractivity contribution < 1.29 is 9.90 Å². The number of anilines is 1. The molecule has 3 rings (SSSR count). The Balaban J connectivity index is 1.60. The maximum Gasteiger partial charge on any atom is 0.319 e. The second kappa shape index (κ2) is 5.21. The standard InChI is InChI=1S/C15H20N2O2/c18-9-13-10-6-7-11(8-10)14(13)17-15(19)16-12-4-2-1-3-5-12/h1-5,10-11,13-14,18H,6-9H2,(H2,16,17,19)/t10-,11-,13-,14-/m0/s1. The smallest absolute Gasteiger partial charge is 0.319 e. The highest BCUT2D eigenvalue weighted by Crippen LogP contribution is 2.48. The highest BCUT2D eigenvalue weighted by atomic mass is 16.3. The molecule has 0 aromatic heterocycles. The number of urea groups is 1. The Morgan fingerprint density at radius 3 is 2.68 bits per heavy atom. The lowest BCUT2D eigenvalue weighted by Crippen LogP contribution is -2.46. The van der Waals surface area contributed by atoms with Crippen LogP contribution in [0.2, 0.25) is 0 Å². The van der Waals surface area contributed by atoms with E-state index in [-0.39, 0.29) is 24.6 Å². The fourth-order valence-electron chi connectivity index (χ4n) is 3.74. The molecule has 102 valence electrons. The molecule has 1 aromatic carbocycles. The zero-order valence-corrected chi connectivity index (χ0v) is 10.9. The third-order valence-electron chi connectivity index (χ3n) is 4.63. The zero-order valence-electron chi connectivity index (χ0n) is 10.9. The fourth-order valence-corrected chi connectivity index (χ4v) is 3.74. The van der Waals surface area contributed by atoms with E-state index in [1.54, 1.807) is 0 Å². The molecule has 2 bridgehead atoms. The SMILES string of the molecule is O=C(Nc1ccccc1)N[C@H]1[C@H]2CC[C@@H](C2)[C@@H]1CO. The maximum atomic E-state index is 12.0. The second-order valence-corrected chi connectivity index (χ2v) is 5.67. The molecule has 2 amide bonds. The van der Waals surface area contributed by atoms with Crippen LogP contribution in [-0.2, 0) is 0 Å². The fraction of sp³-hybridized carbons (Fsp3) is 0.533. The van der Waals surface area contributed by atoms with Crippen molar-refractivity contribution in [3.05, 3.63) is 30.3 Å². The highest BCUT2D eigenvalue weighted by molar-refractivity contribution is 5.89. The molecule has 0 saturated heterocycles. The molecule has 0 unspecified atom stereocenters. The van der Waals surface area contributed by atoms with Crippen molar-refractivity contribution in [2.75, 3.05) is 11.9 Å². The molecular formula is C15H20N2O2. The van der Waals surface area contributed by atoms with Crippen LogP contribution in [0.25, 0.3) is 0 Å². The number of para-hydroxylation sites is 1.